The number of hydrogen-bond donors (Lipinski definition) is 6. The number of aromatic nitrogens is 1. The molecule has 0 aliphatic carbocycles. The van der Waals surface area contributed by atoms with Gasteiger partial charge in [-0.15, -0.1) is 0 Å². The average Bonchev–Trinajstić information content (AvgIpc) is 3.14. The highest BCUT2D eigenvalue weighted by molar-refractivity contribution is 5.91. The first kappa shape index (κ1) is 34.7. The molecule has 1 aliphatic rings. The van der Waals surface area contributed by atoms with E-state index < -0.39 is 12.2 Å². The summed E-state index contributed by atoms with van der Waals surface area (Å²) in [6, 6.07) is 32.4. The number of pyridine rings is 1. The molecule has 10 heteroatoms. The number of amides is 1. The summed E-state index contributed by atoms with van der Waals surface area (Å²) in [7, 11) is 0. The average molecular weight is 676 g/mol. The Kier molecular flexibility index (Phi) is 11.8. The number of para-hydroxylation sites is 1. The molecule has 1 aromatic heterocycles. The van der Waals surface area contributed by atoms with Crippen molar-refractivity contribution in [2.45, 2.75) is 37.9 Å². The van der Waals surface area contributed by atoms with E-state index in [1.54, 1.807) is 12.1 Å². The normalized spacial score (nSPS) is 14.3. The molecule has 1 fully saturated rings. The van der Waals surface area contributed by atoms with E-state index in [0.717, 1.165) is 74.4 Å². The number of hydrogen-bond acceptors (Lipinski definition) is 8. The van der Waals surface area contributed by atoms with Gasteiger partial charge in [-0.1, -0.05) is 66.7 Å². The van der Waals surface area contributed by atoms with Crippen LogP contribution in [0.4, 0.5) is 16.2 Å². The zero-order valence-corrected chi connectivity index (χ0v) is 28.1. The van der Waals surface area contributed by atoms with Gasteiger partial charge in [-0.2, -0.15) is 0 Å². The van der Waals surface area contributed by atoms with E-state index in [0.29, 0.717) is 29.6 Å². The van der Waals surface area contributed by atoms with E-state index in [9.17, 15) is 19.8 Å². The fourth-order valence-corrected chi connectivity index (χ4v) is 6.46. The maximum atomic E-state index is 12.7. The summed E-state index contributed by atoms with van der Waals surface area (Å²) >= 11 is 0. The van der Waals surface area contributed by atoms with Crippen LogP contribution in [0.15, 0.2) is 108 Å². The van der Waals surface area contributed by atoms with Crippen molar-refractivity contribution in [3.8, 4) is 16.9 Å². The van der Waals surface area contributed by atoms with Gasteiger partial charge in [-0.05, 0) is 85.8 Å². The first-order valence-corrected chi connectivity index (χ1v) is 17.3. The molecule has 1 atom stereocenters. The maximum Gasteiger partial charge on any atom is 0.411 e. The lowest BCUT2D eigenvalue weighted by Gasteiger charge is -2.31. The van der Waals surface area contributed by atoms with Crippen LogP contribution in [0, 0.1) is 0 Å². The summed E-state index contributed by atoms with van der Waals surface area (Å²) in [6.07, 6.45) is 2.22. The van der Waals surface area contributed by atoms with Crippen LogP contribution < -0.4 is 21.5 Å². The number of benzene rings is 4. The smallest absolute Gasteiger partial charge is 0.411 e. The van der Waals surface area contributed by atoms with Gasteiger partial charge in [-0.3, -0.25) is 10.1 Å². The van der Waals surface area contributed by atoms with Crippen LogP contribution in [0.5, 0.6) is 5.75 Å². The largest absolute Gasteiger partial charge is 0.506 e. The number of nitrogens with one attached hydrogen (secondary N) is 4. The number of carbonyl (C=O) groups is 1. The molecule has 0 radical (unpaired) electrons. The van der Waals surface area contributed by atoms with Crippen LogP contribution in [0.3, 0.4) is 0 Å². The number of aliphatic hydroxyl groups is 1. The predicted molar refractivity (Wildman–Crippen MR) is 199 cm³/mol. The molecule has 6 N–H and O–H groups in total. The second-order valence-corrected chi connectivity index (χ2v) is 12.7. The van der Waals surface area contributed by atoms with Crippen molar-refractivity contribution in [3.63, 3.8) is 0 Å². The van der Waals surface area contributed by atoms with Gasteiger partial charge < -0.3 is 35.5 Å². The molecule has 0 saturated carbocycles. The standard InChI is InChI=1S/C40H45N5O5/c46-36-17-15-33(34-16-18-38(48)44-39(34)36)37(47)27-41-23-19-28-11-13-30(14-12-28)42-22-6-24-45-25-20-31(21-26-45)50-40(49)43-35-10-5-4-9-32(35)29-7-2-1-3-8-29/h1-5,7-18,31,37,41-42,46-47H,6,19-27H2,(H,43,49)(H,44,48)/t37-/m1/s1. The van der Waals surface area contributed by atoms with E-state index >= 15 is 0 Å². The number of rotatable bonds is 14. The van der Waals surface area contributed by atoms with Crippen molar-refractivity contribution in [3.05, 3.63) is 125 Å². The third-order valence-electron chi connectivity index (χ3n) is 9.19. The van der Waals surface area contributed by atoms with Crippen molar-refractivity contribution in [2.75, 3.05) is 49.9 Å². The molecule has 50 heavy (non-hydrogen) atoms. The number of aromatic amines is 1. The number of likely N-dealkylation sites (tertiary alicyclic amines) is 1. The van der Waals surface area contributed by atoms with Crippen molar-refractivity contribution >= 4 is 28.4 Å². The first-order valence-electron chi connectivity index (χ1n) is 17.3. The van der Waals surface area contributed by atoms with Crippen molar-refractivity contribution in [1.82, 2.24) is 15.2 Å². The van der Waals surface area contributed by atoms with E-state index in [-0.39, 0.29) is 17.4 Å². The molecule has 0 unspecified atom stereocenters. The molecule has 0 spiro atoms. The van der Waals surface area contributed by atoms with Crippen LogP contribution >= 0.6 is 0 Å². The van der Waals surface area contributed by atoms with E-state index in [4.69, 9.17) is 4.74 Å². The van der Waals surface area contributed by atoms with Crippen LogP contribution in [0.25, 0.3) is 22.0 Å². The summed E-state index contributed by atoms with van der Waals surface area (Å²) in [6.45, 7) is 4.73. The van der Waals surface area contributed by atoms with Crippen LogP contribution in [0.2, 0.25) is 0 Å². The van der Waals surface area contributed by atoms with Crippen LogP contribution in [0.1, 0.15) is 36.5 Å². The highest BCUT2D eigenvalue weighted by Gasteiger charge is 2.22. The lowest BCUT2D eigenvalue weighted by molar-refractivity contribution is 0.0589. The van der Waals surface area contributed by atoms with Gasteiger partial charge in [0.1, 0.15) is 11.9 Å². The van der Waals surface area contributed by atoms with E-state index in [2.05, 4.69) is 50.1 Å². The number of phenols is 1. The number of phenolic OH excluding ortho intramolecular Hbond substituents is 1. The summed E-state index contributed by atoms with van der Waals surface area (Å²) in [5, 5.41) is 31.2. The Bertz CT molecular complexity index is 1910. The van der Waals surface area contributed by atoms with E-state index in [1.807, 2.05) is 54.6 Å². The maximum absolute atomic E-state index is 12.7. The number of fused-ring (bicyclic) bond motifs is 1. The van der Waals surface area contributed by atoms with Crippen molar-refractivity contribution in [1.29, 1.82) is 0 Å². The minimum absolute atomic E-state index is 0.0212. The van der Waals surface area contributed by atoms with Crippen molar-refractivity contribution < 1.29 is 19.7 Å². The lowest BCUT2D eigenvalue weighted by Crippen LogP contribution is -2.39. The monoisotopic (exact) mass is 675 g/mol. The molecule has 1 amide bonds. The zero-order chi connectivity index (χ0) is 34.7. The number of anilines is 2. The summed E-state index contributed by atoms with van der Waals surface area (Å²) in [5.41, 5.74) is 5.72. The first-order chi connectivity index (χ1) is 24.4. The Morgan fingerprint density at radius 1 is 0.900 bits per heavy atom. The van der Waals surface area contributed by atoms with Crippen LogP contribution in [-0.2, 0) is 11.2 Å². The highest BCUT2D eigenvalue weighted by atomic mass is 16.6. The topological polar surface area (TPSA) is 139 Å². The Labute approximate surface area is 292 Å². The van der Waals surface area contributed by atoms with Gasteiger partial charge in [-0.25, -0.2) is 4.79 Å². The number of nitrogens with zero attached hydrogens (tertiary/aromatic N) is 1. The molecule has 10 nitrogen and oxygen atoms in total. The molecule has 4 aromatic carbocycles. The Morgan fingerprint density at radius 2 is 1.66 bits per heavy atom. The Morgan fingerprint density at radius 3 is 2.46 bits per heavy atom. The fourth-order valence-electron chi connectivity index (χ4n) is 6.46. The molecular weight excluding hydrogens is 630 g/mol. The molecule has 260 valence electrons. The number of piperidine rings is 1. The summed E-state index contributed by atoms with van der Waals surface area (Å²) in [4.78, 5) is 29.4. The molecule has 1 aliphatic heterocycles. The van der Waals surface area contributed by atoms with Gasteiger partial charge >= 0.3 is 6.09 Å². The Balaban J connectivity index is 0.846. The number of aliphatic hydroxyl groups excluding tert-OH is 1. The second kappa shape index (κ2) is 17.0. The van der Waals surface area contributed by atoms with Gasteiger partial charge in [0.25, 0.3) is 0 Å². The van der Waals surface area contributed by atoms with Crippen molar-refractivity contribution in [2.24, 2.45) is 0 Å². The number of carbonyl (C=O) groups excluding carboxylic acids is 1. The molecule has 1 saturated heterocycles. The highest BCUT2D eigenvalue weighted by Crippen LogP contribution is 2.29. The minimum Gasteiger partial charge on any atom is -0.506 e. The number of ether oxygens (including phenoxy) is 1. The number of aromatic hydroxyl groups is 1. The molecule has 2 heterocycles. The zero-order valence-electron chi connectivity index (χ0n) is 28.1. The van der Waals surface area contributed by atoms with Crippen LogP contribution in [-0.4, -0.2) is 71.6 Å². The third kappa shape index (κ3) is 9.29. The van der Waals surface area contributed by atoms with Gasteiger partial charge in [0.2, 0.25) is 5.56 Å². The van der Waals surface area contributed by atoms with E-state index in [1.165, 1.54) is 17.7 Å². The molecule has 6 rings (SSSR count). The predicted octanol–water partition coefficient (Wildman–Crippen LogP) is 6.28. The second-order valence-electron chi connectivity index (χ2n) is 12.7. The quantitative estimate of drug-likeness (QED) is 0.0757. The minimum atomic E-state index is -0.782. The summed E-state index contributed by atoms with van der Waals surface area (Å²) in [5.74, 6) is -0.0212. The summed E-state index contributed by atoms with van der Waals surface area (Å²) < 4.78 is 5.79. The number of H-pyrrole nitrogens is 1. The Hall–Kier alpha value is -5.16. The SMILES string of the molecule is O=C(Nc1ccccc1-c1ccccc1)OC1CCN(CCCNc2ccc(CCNC[C@@H](O)c3ccc(O)c4[nH]c(=O)ccc34)cc2)CC1. The fraction of sp³-hybridized carbons (Fsp3) is 0.300. The molecular formula is C40H45N5O5. The van der Waals surface area contributed by atoms with Gasteiger partial charge in [0.05, 0.1) is 17.3 Å². The molecule has 5 aromatic rings. The molecule has 0 bridgehead atoms. The third-order valence-corrected chi connectivity index (χ3v) is 9.19. The lowest BCUT2D eigenvalue weighted by atomic mass is 10.0. The van der Waals surface area contributed by atoms with Gasteiger partial charge in [0, 0.05) is 48.9 Å². The van der Waals surface area contributed by atoms with Gasteiger partial charge in [0.15, 0.2) is 0 Å².